The molecule has 0 bridgehead atoms. The van der Waals surface area contributed by atoms with Gasteiger partial charge in [-0.1, -0.05) is 30.3 Å². The summed E-state index contributed by atoms with van der Waals surface area (Å²) in [5, 5.41) is 4.18. The quantitative estimate of drug-likeness (QED) is 0.733. The standard InChI is InChI=1S/C21H28N4O3/c1-16(2)25-18(26)15-28-20(19(25)17-9-5-4-6-10-17)21(27)23(3)12-8-14-24-13-7-11-22-24/h4-7,9-11,13,16,19-20H,8,12,14-15H2,1-3H3/t19-,20+/m1/s1. The van der Waals surface area contributed by atoms with Gasteiger partial charge in [-0.25, -0.2) is 0 Å². The number of nitrogens with zero attached hydrogens (tertiary/aromatic N) is 4. The van der Waals surface area contributed by atoms with Gasteiger partial charge >= 0.3 is 0 Å². The summed E-state index contributed by atoms with van der Waals surface area (Å²) in [6, 6.07) is 11.1. The first kappa shape index (κ1) is 20.1. The van der Waals surface area contributed by atoms with Gasteiger partial charge in [0.25, 0.3) is 5.91 Å². The molecule has 0 saturated carbocycles. The number of carbonyl (C=O) groups excluding carboxylic acids is 2. The Bertz CT molecular complexity index is 776. The fourth-order valence-corrected chi connectivity index (χ4v) is 3.66. The van der Waals surface area contributed by atoms with Gasteiger partial charge in [-0.2, -0.15) is 5.10 Å². The molecular formula is C21H28N4O3. The fourth-order valence-electron chi connectivity index (χ4n) is 3.66. The largest absolute Gasteiger partial charge is 0.356 e. The number of likely N-dealkylation sites (N-methyl/N-ethyl adjacent to an activating group) is 1. The zero-order valence-electron chi connectivity index (χ0n) is 16.7. The van der Waals surface area contributed by atoms with Crippen LogP contribution in [-0.4, -0.2) is 63.7 Å². The molecule has 0 unspecified atom stereocenters. The van der Waals surface area contributed by atoms with Crippen LogP contribution in [0.5, 0.6) is 0 Å². The van der Waals surface area contributed by atoms with E-state index in [1.54, 1.807) is 23.0 Å². The van der Waals surface area contributed by atoms with E-state index in [1.807, 2.05) is 61.1 Å². The van der Waals surface area contributed by atoms with E-state index in [2.05, 4.69) is 5.10 Å². The highest BCUT2D eigenvalue weighted by atomic mass is 16.5. The maximum absolute atomic E-state index is 13.2. The van der Waals surface area contributed by atoms with Crippen molar-refractivity contribution in [1.82, 2.24) is 19.6 Å². The lowest BCUT2D eigenvalue weighted by Crippen LogP contribution is -2.56. The Balaban J connectivity index is 1.75. The van der Waals surface area contributed by atoms with Crippen LogP contribution in [-0.2, 0) is 20.9 Å². The summed E-state index contributed by atoms with van der Waals surface area (Å²) in [7, 11) is 1.78. The maximum Gasteiger partial charge on any atom is 0.253 e. The molecule has 7 heteroatoms. The van der Waals surface area contributed by atoms with E-state index >= 15 is 0 Å². The highest BCUT2D eigenvalue weighted by molar-refractivity contribution is 5.86. The van der Waals surface area contributed by atoms with Crippen molar-refractivity contribution in [1.29, 1.82) is 0 Å². The molecule has 2 heterocycles. The molecule has 2 aromatic rings. The molecule has 7 nitrogen and oxygen atoms in total. The van der Waals surface area contributed by atoms with Crippen LogP contribution in [0.2, 0.25) is 0 Å². The van der Waals surface area contributed by atoms with Gasteiger partial charge < -0.3 is 14.5 Å². The first-order valence-electron chi connectivity index (χ1n) is 9.69. The molecule has 1 saturated heterocycles. The molecule has 1 aliphatic heterocycles. The van der Waals surface area contributed by atoms with Crippen LogP contribution in [0.15, 0.2) is 48.8 Å². The van der Waals surface area contributed by atoms with E-state index in [-0.39, 0.29) is 24.5 Å². The van der Waals surface area contributed by atoms with E-state index in [0.29, 0.717) is 6.54 Å². The van der Waals surface area contributed by atoms with Gasteiger partial charge in [0.05, 0.1) is 6.04 Å². The summed E-state index contributed by atoms with van der Waals surface area (Å²) in [4.78, 5) is 29.2. The van der Waals surface area contributed by atoms with Gasteiger partial charge in [-0.05, 0) is 31.9 Å². The van der Waals surface area contributed by atoms with Gasteiger partial charge in [-0.15, -0.1) is 0 Å². The summed E-state index contributed by atoms with van der Waals surface area (Å²) in [6.07, 6.45) is 3.73. The third kappa shape index (κ3) is 4.42. The molecule has 2 amide bonds. The highest BCUT2D eigenvalue weighted by Gasteiger charge is 2.43. The van der Waals surface area contributed by atoms with Crippen molar-refractivity contribution in [2.75, 3.05) is 20.2 Å². The summed E-state index contributed by atoms with van der Waals surface area (Å²) in [5.41, 5.74) is 0.910. The van der Waals surface area contributed by atoms with Crippen molar-refractivity contribution < 1.29 is 14.3 Å². The fraction of sp³-hybridized carbons (Fsp3) is 0.476. The average molecular weight is 384 g/mol. The van der Waals surface area contributed by atoms with Gasteiger partial charge in [0.2, 0.25) is 5.91 Å². The number of hydrogen-bond donors (Lipinski definition) is 0. The first-order valence-corrected chi connectivity index (χ1v) is 9.69. The third-order valence-corrected chi connectivity index (χ3v) is 5.02. The molecule has 2 atom stereocenters. The zero-order valence-corrected chi connectivity index (χ0v) is 16.7. The van der Waals surface area contributed by atoms with Crippen molar-refractivity contribution in [2.45, 2.75) is 45.0 Å². The second-order valence-electron chi connectivity index (χ2n) is 7.36. The predicted octanol–water partition coefficient (Wildman–Crippen LogP) is 2.11. The Morgan fingerprint density at radius 3 is 2.68 bits per heavy atom. The molecule has 1 aromatic heterocycles. The molecule has 3 rings (SSSR count). The number of aromatic nitrogens is 2. The molecule has 1 aromatic carbocycles. The predicted molar refractivity (Wildman–Crippen MR) is 105 cm³/mol. The number of hydrogen-bond acceptors (Lipinski definition) is 4. The Morgan fingerprint density at radius 1 is 1.29 bits per heavy atom. The van der Waals surface area contributed by atoms with Crippen LogP contribution in [0.1, 0.15) is 31.9 Å². The second kappa shape index (κ2) is 9.01. The number of benzene rings is 1. The molecule has 0 radical (unpaired) electrons. The monoisotopic (exact) mass is 384 g/mol. The van der Waals surface area contributed by atoms with Crippen LogP contribution in [0.3, 0.4) is 0 Å². The van der Waals surface area contributed by atoms with Crippen LogP contribution in [0.25, 0.3) is 0 Å². The van der Waals surface area contributed by atoms with Gasteiger partial charge in [0.15, 0.2) is 6.10 Å². The average Bonchev–Trinajstić information content (AvgIpc) is 3.21. The molecule has 150 valence electrons. The molecule has 0 N–H and O–H groups in total. The number of rotatable bonds is 7. The normalized spacial score (nSPS) is 19.9. The number of carbonyl (C=O) groups is 2. The first-order chi connectivity index (χ1) is 13.5. The van der Waals surface area contributed by atoms with Crippen LogP contribution >= 0.6 is 0 Å². The topological polar surface area (TPSA) is 67.7 Å². The lowest BCUT2D eigenvalue weighted by Gasteiger charge is -2.43. The molecule has 0 spiro atoms. The Hall–Kier alpha value is -2.67. The Kier molecular flexibility index (Phi) is 6.46. The number of aryl methyl sites for hydroxylation is 1. The maximum atomic E-state index is 13.2. The van der Waals surface area contributed by atoms with Crippen molar-refractivity contribution in [2.24, 2.45) is 0 Å². The van der Waals surface area contributed by atoms with Crippen molar-refractivity contribution in [3.63, 3.8) is 0 Å². The lowest BCUT2D eigenvalue weighted by molar-refractivity contribution is -0.171. The minimum absolute atomic E-state index is 0.0259. The number of morpholine rings is 1. The third-order valence-electron chi connectivity index (χ3n) is 5.02. The van der Waals surface area contributed by atoms with Gasteiger partial charge in [0.1, 0.15) is 6.61 Å². The molecule has 0 aliphatic carbocycles. The van der Waals surface area contributed by atoms with Crippen molar-refractivity contribution >= 4 is 11.8 Å². The van der Waals surface area contributed by atoms with E-state index in [9.17, 15) is 9.59 Å². The van der Waals surface area contributed by atoms with E-state index in [0.717, 1.165) is 18.5 Å². The minimum Gasteiger partial charge on any atom is -0.356 e. The molecular weight excluding hydrogens is 356 g/mol. The van der Waals surface area contributed by atoms with Gasteiger partial charge in [-0.3, -0.25) is 14.3 Å². The highest BCUT2D eigenvalue weighted by Crippen LogP contribution is 2.32. The second-order valence-corrected chi connectivity index (χ2v) is 7.36. The molecule has 1 aliphatic rings. The smallest absolute Gasteiger partial charge is 0.253 e. The minimum atomic E-state index is -0.711. The van der Waals surface area contributed by atoms with Crippen LogP contribution < -0.4 is 0 Å². The number of amides is 2. The van der Waals surface area contributed by atoms with E-state index in [4.69, 9.17) is 4.74 Å². The summed E-state index contributed by atoms with van der Waals surface area (Å²) >= 11 is 0. The number of ether oxygens (including phenoxy) is 1. The van der Waals surface area contributed by atoms with Crippen LogP contribution in [0.4, 0.5) is 0 Å². The molecule has 28 heavy (non-hydrogen) atoms. The lowest BCUT2D eigenvalue weighted by atomic mass is 9.95. The van der Waals surface area contributed by atoms with Gasteiger partial charge in [0, 0.05) is 38.6 Å². The van der Waals surface area contributed by atoms with E-state index < -0.39 is 12.1 Å². The van der Waals surface area contributed by atoms with Crippen molar-refractivity contribution in [3.8, 4) is 0 Å². The SMILES string of the molecule is CC(C)N1C(=O)CO[C@H](C(=O)N(C)CCCn2cccn2)[C@H]1c1ccccc1. The summed E-state index contributed by atoms with van der Waals surface area (Å²) < 4.78 is 7.62. The summed E-state index contributed by atoms with van der Waals surface area (Å²) in [6.45, 7) is 5.20. The zero-order chi connectivity index (χ0) is 20.1. The van der Waals surface area contributed by atoms with E-state index in [1.165, 1.54) is 0 Å². The molecule has 1 fully saturated rings. The Morgan fingerprint density at radius 2 is 2.04 bits per heavy atom. The van der Waals surface area contributed by atoms with Crippen molar-refractivity contribution in [3.05, 3.63) is 54.4 Å². The Labute approximate surface area is 165 Å². The van der Waals surface area contributed by atoms with Crippen LogP contribution in [0, 0.1) is 0 Å². The summed E-state index contributed by atoms with van der Waals surface area (Å²) in [5.74, 6) is -0.193.